The molecule has 0 spiro atoms. The fourth-order valence-corrected chi connectivity index (χ4v) is 2.62. The summed E-state index contributed by atoms with van der Waals surface area (Å²) in [6, 6.07) is 7.74. The number of carbonyl (C=O) groups excluding carboxylic acids is 2. The maximum atomic E-state index is 12.0. The van der Waals surface area contributed by atoms with E-state index in [0.717, 1.165) is 24.7 Å². The number of alkyl halides is 2. The molecule has 0 unspecified atom stereocenters. The highest BCUT2D eigenvalue weighted by Gasteiger charge is 2.24. The quantitative estimate of drug-likeness (QED) is 0.596. The number of rotatable bonds is 5. The Morgan fingerprint density at radius 3 is 2.18 bits per heavy atom. The van der Waals surface area contributed by atoms with E-state index in [9.17, 15) is 9.59 Å². The molecule has 2 rings (SSSR count). The molecule has 0 N–H and O–H groups in total. The maximum absolute atomic E-state index is 12.0. The van der Waals surface area contributed by atoms with Crippen LogP contribution < -0.4 is 0 Å². The van der Waals surface area contributed by atoms with Crippen molar-refractivity contribution < 1.29 is 9.59 Å². The Bertz CT molecular complexity index is 526. The predicted octanol–water partition coefficient (Wildman–Crippen LogP) is 2.75. The van der Waals surface area contributed by atoms with Gasteiger partial charge in [0.1, 0.15) is 0 Å². The molecule has 7 heteroatoms. The number of hydrogen-bond donors (Lipinski definition) is 0. The van der Waals surface area contributed by atoms with Crippen molar-refractivity contribution in [2.75, 3.05) is 26.2 Å². The zero-order valence-corrected chi connectivity index (χ0v) is 14.2. The summed E-state index contributed by atoms with van der Waals surface area (Å²) >= 11 is 16.8. The summed E-state index contributed by atoms with van der Waals surface area (Å²) in [7, 11) is 0. The Morgan fingerprint density at radius 1 is 1.05 bits per heavy atom. The summed E-state index contributed by atoms with van der Waals surface area (Å²) in [4.78, 5) is 26.2. The van der Waals surface area contributed by atoms with Crippen molar-refractivity contribution in [3.05, 3.63) is 34.9 Å². The van der Waals surface area contributed by atoms with Crippen molar-refractivity contribution in [1.29, 1.82) is 0 Å². The Morgan fingerprint density at radius 2 is 1.64 bits per heavy atom. The van der Waals surface area contributed by atoms with Crippen LogP contribution in [0.15, 0.2) is 24.3 Å². The van der Waals surface area contributed by atoms with E-state index in [2.05, 4.69) is 4.90 Å². The maximum Gasteiger partial charge on any atom is 0.230 e. The number of carbonyl (C=O) groups is 2. The number of amides is 1. The molecule has 0 bridgehead atoms. The van der Waals surface area contributed by atoms with Gasteiger partial charge in [-0.1, -0.05) is 46.9 Å². The molecule has 0 radical (unpaired) electrons. The Hall–Kier alpha value is -0.810. The third-order valence-electron chi connectivity index (χ3n) is 3.61. The standard InChI is InChI=1S/C15H17Cl3N2O2/c16-12-3-1-11(2-4-12)10-19-5-7-20(8-6-19)14(22)9-13(21)15(17)18/h1-4,15H,5-10H2. The number of benzene rings is 1. The van der Waals surface area contributed by atoms with Gasteiger partial charge in [-0.25, -0.2) is 0 Å². The molecule has 1 aliphatic rings. The lowest BCUT2D eigenvalue weighted by Gasteiger charge is -2.34. The first-order valence-corrected chi connectivity index (χ1v) is 8.26. The lowest BCUT2D eigenvalue weighted by atomic mass is 10.2. The van der Waals surface area contributed by atoms with Crippen LogP contribution in [0.2, 0.25) is 5.02 Å². The second kappa shape index (κ2) is 8.16. The number of halogens is 3. The van der Waals surface area contributed by atoms with Crippen LogP contribution in [0, 0.1) is 0 Å². The molecule has 1 aromatic rings. The number of ketones is 1. The van der Waals surface area contributed by atoms with Gasteiger partial charge in [0.25, 0.3) is 0 Å². The molecule has 0 aliphatic carbocycles. The largest absolute Gasteiger partial charge is 0.340 e. The molecule has 1 aliphatic heterocycles. The number of piperazine rings is 1. The van der Waals surface area contributed by atoms with Crippen molar-refractivity contribution in [1.82, 2.24) is 9.80 Å². The Labute approximate surface area is 144 Å². The highest BCUT2D eigenvalue weighted by molar-refractivity contribution is 6.54. The molecule has 1 amide bonds. The van der Waals surface area contributed by atoms with E-state index in [4.69, 9.17) is 34.8 Å². The van der Waals surface area contributed by atoms with E-state index < -0.39 is 10.6 Å². The minimum atomic E-state index is -1.13. The smallest absolute Gasteiger partial charge is 0.230 e. The van der Waals surface area contributed by atoms with Crippen LogP contribution >= 0.6 is 34.8 Å². The predicted molar refractivity (Wildman–Crippen MR) is 88.4 cm³/mol. The van der Waals surface area contributed by atoms with E-state index in [0.29, 0.717) is 13.1 Å². The van der Waals surface area contributed by atoms with Gasteiger partial charge in [0, 0.05) is 37.7 Å². The molecular formula is C15H17Cl3N2O2. The summed E-state index contributed by atoms with van der Waals surface area (Å²) in [6.45, 7) is 3.58. The van der Waals surface area contributed by atoms with E-state index in [1.807, 2.05) is 24.3 Å². The van der Waals surface area contributed by atoms with Gasteiger partial charge in [-0.15, -0.1) is 0 Å². The fourth-order valence-electron chi connectivity index (χ4n) is 2.34. The second-order valence-electron chi connectivity index (χ2n) is 5.23. The first-order valence-electron chi connectivity index (χ1n) is 7.01. The molecular weight excluding hydrogens is 347 g/mol. The van der Waals surface area contributed by atoms with Crippen LogP contribution in [0.3, 0.4) is 0 Å². The molecule has 1 aromatic carbocycles. The average Bonchev–Trinajstić information content (AvgIpc) is 2.50. The van der Waals surface area contributed by atoms with E-state index in [1.54, 1.807) is 4.90 Å². The second-order valence-corrected chi connectivity index (χ2v) is 6.76. The molecule has 120 valence electrons. The molecule has 0 atom stereocenters. The zero-order valence-electron chi connectivity index (χ0n) is 12.0. The van der Waals surface area contributed by atoms with Crippen molar-refractivity contribution in [2.45, 2.75) is 17.8 Å². The number of Topliss-reactive ketones (excluding diaryl/α,β-unsaturated/α-hetero) is 1. The van der Waals surface area contributed by atoms with Crippen molar-refractivity contribution in [2.24, 2.45) is 0 Å². The number of nitrogens with zero attached hydrogens (tertiary/aromatic N) is 2. The molecule has 0 aromatic heterocycles. The Balaban J connectivity index is 1.79. The van der Waals surface area contributed by atoms with Gasteiger partial charge in [0.15, 0.2) is 10.6 Å². The van der Waals surface area contributed by atoms with E-state index in [1.165, 1.54) is 5.56 Å². The van der Waals surface area contributed by atoms with Crippen molar-refractivity contribution >= 4 is 46.5 Å². The van der Waals surface area contributed by atoms with Crippen LogP contribution in [-0.4, -0.2) is 52.5 Å². The highest BCUT2D eigenvalue weighted by Crippen LogP contribution is 2.14. The monoisotopic (exact) mass is 362 g/mol. The van der Waals surface area contributed by atoms with Gasteiger partial charge in [-0.3, -0.25) is 14.5 Å². The van der Waals surface area contributed by atoms with Gasteiger partial charge in [0.2, 0.25) is 5.91 Å². The van der Waals surface area contributed by atoms with Gasteiger partial charge >= 0.3 is 0 Å². The van der Waals surface area contributed by atoms with Crippen LogP contribution in [0.5, 0.6) is 0 Å². The van der Waals surface area contributed by atoms with E-state index in [-0.39, 0.29) is 12.3 Å². The van der Waals surface area contributed by atoms with Gasteiger partial charge in [-0.05, 0) is 17.7 Å². The first kappa shape index (κ1) is 17.5. The van der Waals surface area contributed by atoms with Gasteiger partial charge in [0.05, 0.1) is 6.42 Å². The zero-order chi connectivity index (χ0) is 16.1. The third kappa shape index (κ3) is 5.13. The van der Waals surface area contributed by atoms with Crippen LogP contribution in [-0.2, 0) is 16.1 Å². The SMILES string of the molecule is O=C(CC(=O)N1CCN(Cc2ccc(Cl)cc2)CC1)C(Cl)Cl. The van der Waals surface area contributed by atoms with Crippen LogP contribution in [0.1, 0.15) is 12.0 Å². The molecule has 0 saturated carbocycles. The lowest BCUT2D eigenvalue weighted by molar-refractivity contribution is -0.136. The normalized spacial score (nSPS) is 16.1. The van der Waals surface area contributed by atoms with Crippen LogP contribution in [0.4, 0.5) is 0 Å². The number of hydrogen-bond acceptors (Lipinski definition) is 3. The van der Waals surface area contributed by atoms with Gasteiger partial charge < -0.3 is 4.90 Å². The lowest BCUT2D eigenvalue weighted by Crippen LogP contribution is -2.48. The Kier molecular flexibility index (Phi) is 6.50. The van der Waals surface area contributed by atoms with Crippen LogP contribution in [0.25, 0.3) is 0 Å². The summed E-state index contributed by atoms with van der Waals surface area (Å²) in [6.07, 6.45) is -0.227. The first-order chi connectivity index (χ1) is 10.5. The van der Waals surface area contributed by atoms with Crippen molar-refractivity contribution in [3.63, 3.8) is 0 Å². The average molecular weight is 364 g/mol. The van der Waals surface area contributed by atoms with E-state index >= 15 is 0 Å². The molecule has 4 nitrogen and oxygen atoms in total. The summed E-state index contributed by atoms with van der Waals surface area (Å²) in [5, 5.41) is 0.723. The fraction of sp³-hybridized carbons (Fsp3) is 0.467. The minimum absolute atomic E-state index is 0.206. The van der Waals surface area contributed by atoms with Crippen molar-refractivity contribution in [3.8, 4) is 0 Å². The third-order valence-corrected chi connectivity index (χ3v) is 4.35. The summed E-state index contributed by atoms with van der Waals surface area (Å²) in [5.74, 6) is -0.653. The molecule has 22 heavy (non-hydrogen) atoms. The topological polar surface area (TPSA) is 40.6 Å². The summed E-state index contributed by atoms with van der Waals surface area (Å²) < 4.78 is 0. The highest BCUT2D eigenvalue weighted by atomic mass is 35.5. The molecule has 1 heterocycles. The summed E-state index contributed by atoms with van der Waals surface area (Å²) in [5.41, 5.74) is 1.19. The molecule has 1 fully saturated rings. The minimum Gasteiger partial charge on any atom is -0.340 e. The molecule has 1 saturated heterocycles. The van der Waals surface area contributed by atoms with Gasteiger partial charge in [-0.2, -0.15) is 0 Å².